The number of fused-ring (bicyclic) bond motifs is 1. The first-order valence-electron chi connectivity index (χ1n) is 11.5. The number of sulfonamides is 1. The Morgan fingerprint density at radius 3 is 2.54 bits per heavy atom. The molecule has 194 valence electrons. The fraction of sp³-hybridized carbons (Fsp3) is 0.292. The summed E-state index contributed by atoms with van der Waals surface area (Å²) >= 11 is 5.92. The van der Waals surface area contributed by atoms with Gasteiger partial charge in [0.15, 0.2) is 17.3 Å². The number of hydrogen-bond donors (Lipinski definition) is 2. The Kier molecular flexibility index (Phi) is 6.69. The molecule has 2 aliphatic rings. The Bertz CT molecular complexity index is 1430. The summed E-state index contributed by atoms with van der Waals surface area (Å²) < 4.78 is 39.7. The monoisotopic (exact) mass is 545 g/mol. The highest BCUT2D eigenvalue weighted by molar-refractivity contribution is 7.92. The molecule has 1 fully saturated rings. The second-order valence-corrected chi connectivity index (χ2v) is 10.8. The van der Waals surface area contributed by atoms with Crippen LogP contribution in [0, 0.1) is 5.92 Å². The van der Waals surface area contributed by atoms with Crippen LogP contribution in [0.3, 0.4) is 0 Å². The summed E-state index contributed by atoms with van der Waals surface area (Å²) in [6.07, 6.45) is 2.35. The van der Waals surface area contributed by atoms with E-state index in [-0.39, 0.29) is 17.4 Å². The Labute approximate surface area is 218 Å². The normalized spacial score (nSPS) is 15.5. The summed E-state index contributed by atoms with van der Waals surface area (Å²) in [6, 6.07) is 11.2. The van der Waals surface area contributed by atoms with Crippen LogP contribution in [0.4, 0.5) is 23.1 Å². The van der Waals surface area contributed by atoms with Crippen molar-refractivity contribution in [2.75, 3.05) is 41.5 Å². The molecule has 2 aromatic carbocycles. The van der Waals surface area contributed by atoms with E-state index in [1.165, 1.54) is 30.5 Å². The van der Waals surface area contributed by atoms with Gasteiger partial charge in [0.2, 0.25) is 12.7 Å². The van der Waals surface area contributed by atoms with Gasteiger partial charge in [-0.25, -0.2) is 13.4 Å². The van der Waals surface area contributed by atoms with Crippen LogP contribution >= 0.6 is 11.6 Å². The van der Waals surface area contributed by atoms with Gasteiger partial charge in [-0.2, -0.15) is 4.98 Å². The van der Waals surface area contributed by atoms with Crippen LogP contribution in [0.1, 0.15) is 12.8 Å². The smallest absolute Gasteiger partial charge is 0.306 e. The lowest BCUT2D eigenvalue weighted by Gasteiger charge is -2.31. The van der Waals surface area contributed by atoms with Gasteiger partial charge in [0, 0.05) is 36.9 Å². The molecule has 0 saturated carbocycles. The Morgan fingerprint density at radius 2 is 1.84 bits per heavy atom. The van der Waals surface area contributed by atoms with Gasteiger partial charge in [-0.15, -0.1) is 0 Å². The minimum absolute atomic E-state index is 0.0356. The number of anilines is 4. The van der Waals surface area contributed by atoms with Gasteiger partial charge in [0.05, 0.1) is 17.0 Å². The molecule has 0 bridgehead atoms. The maximum atomic E-state index is 13.1. The van der Waals surface area contributed by atoms with Gasteiger partial charge in [-0.1, -0.05) is 11.6 Å². The van der Waals surface area contributed by atoms with Gasteiger partial charge >= 0.3 is 5.97 Å². The third kappa shape index (κ3) is 5.20. The van der Waals surface area contributed by atoms with Crippen molar-refractivity contribution in [3.63, 3.8) is 0 Å². The highest BCUT2D eigenvalue weighted by atomic mass is 35.5. The van der Waals surface area contributed by atoms with Crippen molar-refractivity contribution < 1.29 is 27.8 Å². The van der Waals surface area contributed by atoms with Crippen molar-refractivity contribution in [1.82, 2.24) is 9.97 Å². The number of carboxylic acids is 1. The second kappa shape index (κ2) is 9.94. The van der Waals surface area contributed by atoms with Gasteiger partial charge in [0.1, 0.15) is 5.69 Å². The molecule has 0 radical (unpaired) electrons. The highest BCUT2D eigenvalue weighted by Gasteiger charge is 2.28. The van der Waals surface area contributed by atoms with Crippen molar-refractivity contribution in [2.24, 2.45) is 5.92 Å². The molecule has 0 aliphatic carbocycles. The van der Waals surface area contributed by atoms with Gasteiger partial charge in [-0.05, 0) is 49.2 Å². The van der Waals surface area contributed by atoms with Crippen molar-refractivity contribution in [3.8, 4) is 11.5 Å². The molecule has 5 rings (SSSR count). The SMILES string of the molecule is CN(c1ccc2c(c1)OCO2)c1nc(N2CCC(C(=O)O)CC2)ncc1NS(=O)(=O)c1ccc(Cl)cc1. The third-order valence-electron chi connectivity index (χ3n) is 6.31. The van der Waals surface area contributed by atoms with Crippen LogP contribution < -0.4 is 24.0 Å². The van der Waals surface area contributed by atoms with Gasteiger partial charge in [0.25, 0.3) is 10.0 Å². The Morgan fingerprint density at radius 1 is 1.14 bits per heavy atom. The van der Waals surface area contributed by atoms with E-state index < -0.39 is 21.9 Å². The number of benzene rings is 2. The van der Waals surface area contributed by atoms with Gasteiger partial charge < -0.3 is 24.4 Å². The van der Waals surface area contributed by atoms with Crippen LogP contribution in [0.25, 0.3) is 0 Å². The van der Waals surface area contributed by atoms with E-state index >= 15 is 0 Å². The lowest BCUT2D eigenvalue weighted by molar-refractivity contribution is -0.142. The number of piperidine rings is 1. The second-order valence-electron chi connectivity index (χ2n) is 8.66. The average Bonchev–Trinajstić information content (AvgIpc) is 3.37. The lowest BCUT2D eigenvalue weighted by atomic mass is 9.97. The summed E-state index contributed by atoms with van der Waals surface area (Å²) in [7, 11) is -2.22. The van der Waals surface area contributed by atoms with Crippen LogP contribution in [0.5, 0.6) is 11.5 Å². The lowest BCUT2D eigenvalue weighted by Crippen LogP contribution is -2.37. The van der Waals surface area contributed by atoms with E-state index in [1.807, 2.05) is 11.0 Å². The summed E-state index contributed by atoms with van der Waals surface area (Å²) in [5.74, 6) is 0.652. The van der Waals surface area contributed by atoms with Crippen molar-refractivity contribution in [3.05, 3.63) is 53.7 Å². The summed E-state index contributed by atoms with van der Waals surface area (Å²) in [4.78, 5) is 24.1. The predicted molar refractivity (Wildman–Crippen MR) is 137 cm³/mol. The number of nitrogens with one attached hydrogen (secondary N) is 1. The van der Waals surface area contributed by atoms with Crippen LogP contribution in [0.15, 0.2) is 53.6 Å². The largest absolute Gasteiger partial charge is 0.481 e. The summed E-state index contributed by atoms with van der Waals surface area (Å²) in [6.45, 7) is 1.07. The van der Waals surface area contributed by atoms with Crippen molar-refractivity contribution in [1.29, 1.82) is 0 Å². The van der Waals surface area contributed by atoms with Crippen LogP contribution in [-0.4, -0.2) is 56.4 Å². The first kappa shape index (κ1) is 24.9. The number of carbonyl (C=O) groups is 1. The standard InChI is InChI=1S/C24H24ClN5O6S/c1-29(17-4-7-20-21(12-17)36-14-35-20)22-19(28-37(33,34)18-5-2-16(25)3-6-18)13-26-24(27-22)30-10-8-15(9-11-30)23(31)32/h2-7,12-13,15,28H,8-11,14H2,1H3,(H,31,32). The first-order valence-corrected chi connectivity index (χ1v) is 13.3. The molecule has 1 aromatic heterocycles. The maximum absolute atomic E-state index is 13.1. The number of nitrogens with zero attached hydrogens (tertiary/aromatic N) is 4. The molecular weight excluding hydrogens is 522 g/mol. The molecule has 0 spiro atoms. The molecular formula is C24H24ClN5O6S. The van der Waals surface area contributed by atoms with Crippen LogP contribution in [-0.2, 0) is 14.8 Å². The number of hydrogen-bond acceptors (Lipinski definition) is 9. The van der Waals surface area contributed by atoms with E-state index in [2.05, 4.69) is 9.71 Å². The Hall–Kier alpha value is -3.77. The molecule has 0 amide bonds. The molecule has 13 heteroatoms. The van der Waals surface area contributed by atoms with E-state index in [9.17, 15) is 18.3 Å². The third-order valence-corrected chi connectivity index (χ3v) is 7.95. The first-order chi connectivity index (χ1) is 17.7. The fourth-order valence-corrected chi connectivity index (χ4v) is 5.38. The molecule has 2 aliphatic heterocycles. The summed E-state index contributed by atoms with van der Waals surface area (Å²) in [5.41, 5.74) is 0.852. The average molecular weight is 546 g/mol. The topological polar surface area (TPSA) is 134 Å². The molecule has 3 aromatic rings. The predicted octanol–water partition coefficient (Wildman–Crippen LogP) is 3.73. The van der Waals surface area contributed by atoms with Crippen molar-refractivity contribution in [2.45, 2.75) is 17.7 Å². The van der Waals surface area contributed by atoms with Gasteiger partial charge in [-0.3, -0.25) is 9.52 Å². The zero-order valence-electron chi connectivity index (χ0n) is 19.8. The highest BCUT2D eigenvalue weighted by Crippen LogP contribution is 2.39. The minimum atomic E-state index is -3.97. The molecule has 0 unspecified atom stereocenters. The summed E-state index contributed by atoms with van der Waals surface area (Å²) in [5, 5.41) is 9.73. The number of aliphatic carboxylic acids is 1. The number of halogens is 1. The molecule has 1 saturated heterocycles. The Balaban J connectivity index is 1.50. The zero-order chi connectivity index (χ0) is 26.2. The molecule has 37 heavy (non-hydrogen) atoms. The van der Waals surface area contributed by atoms with E-state index in [0.29, 0.717) is 59.9 Å². The maximum Gasteiger partial charge on any atom is 0.306 e. The van der Waals surface area contributed by atoms with E-state index in [1.54, 1.807) is 24.1 Å². The van der Waals surface area contributed by atoms with Crippen molar-refractivity contribution >= 4 is 50.7 Å². The number of aromatic nitrogens is 2. The van der Waals surface area contributed by atoms with E-state index in [0.717, 1.165) is 0 Å². The molecule has 3 heterocycles. The van der Waals surface area contributed by atoms with Crippen LogP contribution in [0.2, 0.25) is 5.02 Å². The molecule has 11 nitrogen and oxygen atoms in total. The fourth-order valence-electron chi connectivity index (χ4n) is 4.20. The molecule has 0 atom stereocenters. The minimum Gasteiger partial charge on any atom is -0.481 e. The quantitative estimate of drug-likeness (QED) is 0.452. The van der Waals surface area contributed by atoms with E-state index in [4.69, 9.17) is 26.1 Å². The number of rotatable bonds is 7. The zero-order valence-corrected chi connectivity index (χ0v) is 21.4. The number of ether oxygens (including phenoxy) is 2. The number of carboxylic acid groups (broad SMARTS) is 1. The molecule has 2 N–H and O–H groups in total.